The van der Waals surface area contributed by atoms with Crippen LogP contribution in [0.5, 0.6) is 5.75 Å². The number of rotatable bonds is 8. The molecule has 2 aromatic carbocycles. The first-order valence-electron chi connectivity index (χ1n) is 13.4. The fraction of sp³-hybridized carbons (Fsp3) is 0.379. The number of aryl methyl sites for hydroxylation is 1. The third-order valence-corrected chi connectivity index (χ3v) is 9.06. The Morgan fingerprint density at radius 1 is 1.07 bits per heavy atom. The summed E-state index contributed by atoms with van der Waals surface area (Å²) in [6, 6.07) is 8.21. The number of nitrogens with zero attached hydrogens (tertiary/aromatic N) is 8. The average molecular weight is 639 g/mol. The van der Waals surface area contributed by atoms with Gasteiger partial charge in [0, 0.05) is 38.9 Å². The molecule has 2 aromatic heterocycles. The van der Waals surface area contributed by atoms with Crippen molar-refractivity contribution >= 4 is 67.7 Å². The first kappa shape index (κ1) is 29.3. The van der Waals surface area contributed by atoms with Crippen LogP contribution in [0.2, 0.25) is 0 Å². The second-order valence-electron chi connectivity index (χ2n) is 10.3. The smallest absolute Gasteiger partial charge is 0.231 e. The van der Waals surface area contributed by atoms with Gasteiger partial charge in [-0.2, -0.15) is 4.98 Å². The molecule has 2 N–H and O–H groups in total. The SMILES string of the molecule is COc1cc(C2CCN(C)CC2)c(C)cc1N(C)c1ncc(Br)c(N(N)c2ccc3nccnc3c2N(C)SC)n1. The zero-order valence-electron chi connectivity index (χ0n) is 24.3. The maximum Gasteiger partial charge on any atom is 0.231 e. The zero-order valence-corrected chi connectivity index (χ0v) is 26.7. The van der Waals surface area contributed by atoms with E-state index in [9.17, 15) is 0 Å². The van der Waals surface area contributed by atoms with Crippen LogP contribution in [0.3, 0.4) is 0 Å². The Balaban J connectivity index is 1.52. The Hall–Kier alpha value is -3.19. The lowest BCUT2D eigenvalue weighted by molar-refractivity contribution is 0.255. The van der Waals surface area contributed by atoms with E-state index in [-0.39, 0.29) is 0 Å². The number of benzene rings is 2. The van der Waals surface area contributed by atoms with E-state index in [0.717, 1.165) is 59.8 Å². The van der Waals surface area contributed by atoms with Crippen molar-refractivity contribution in [2.75, 3.05) is 61.8 Å². The molecule has 0 bridgehead atoms. The molecule has 0 spiro atoms. The molecule has 41 heavy (non-hydrogen) atoms. The molecule has 0 aliphatic carbocycles. The van der Waals surface area contributed by atoms with Gasteiger partial charge in [-0.15, -0.1) is 0 Å². The van der Waals surface area contributed by atoms with Gasteiger partial charge in [0.25, 0.3) is 0 Å². The lowest BCUT2D eigenvalue weighted by Gasteiger charge is -2.31. The Bertz CT molecular complexity index is 1550. The number of halogens is 1. The van der Waals surface area contributed by atoms with Crippen LogP contribution >= 0.6 is 27.9 Å². The molecule has 1 fully saturated rings. The van der Waals surface area contributed by atoms with E-state index in [0.29, 0.717) is 22.2 Å². The van der Waals surface area contributed by atoms with Crippen LogP contribution in [0.4, 0.5) is 28.8 Å². The van der Waals surface area contributed by atoms with E-state index in [1.54, 1.807) is 42.7 Å². The number of fused-ring (bicyclic) bond motifs is 1. The summed E-state index contributed by atoms with van der Waals surface area (Å²) in [5, 5.41) is 1.56. The summed E-state index contributed by atoms with van der Waals surface area (Å²) in [5.41, 5.74) is 6.59. The lowest BCUT2D eigenvalue weighted by atomic mass is 9.86. The molecule has 1 aliphatic heterocycles. The highest BCUT2D eigenvalue weighted by Gasteiger charge is 2.25. The summed E-state index contributed by atoms with van der Waals surface area (Å²) in [5.74, 6) is 9.11. The highest BCUT2D eigenvalue weighted by atomic mass is 79.9. The van der Waals surface area contributed by atoms with Gasteiger partial charge in [0.1, 0.15) is 17.0 Å². The summed E-state index contributed by atoms with van der Waals surface area (Å²) in [4.78, 5) is 22.9. The minimum absolute atomic E-state index is 0.490. The summed E-state index contributed by atoms with van der Waals surface area (Å²) in [6.45, 7) is 4.39. The van der Waals surface area contributed by atoms with Gasteiger partial charge in [0.2, 0.25) is 5.95 Å². The first-order chi connectivity index (χ1) is 19.7. The van der Waals surface area contributed by atoms with Gasteiger partial charge in [-0.1, -0.05) is 11.9 Å². The Kier molecular flexibility index (Phi) is 8.83. The van der Waals surface area contributed by atoms with Gasteiger partial charge in [0.15, 0.2) is 5.82 Å². The molecule has 1 aliphatic rings. The van der Waals surface area contributed by atoms with E-state index in [1.165, 1.54) is 11.1 Å². The Labute approximate surface area is 254 Å². The van der Waals surface area contributed by atoms with E-state index >= 15 is 0 Å². The number of hydrazine groups is 1. The molecular weight excluding hydrogens is 602 g/mol. The molecule has 10 nitrogen and oxygen atoms in total. The van der Waals surface area contributed by atoms with Crippen LogP contribution in [0.1, 0.15) is 29.9 Å². The van der Waals surface area contributed by atoms with E-state index in [4.69, 9.17) is 15.6 Å². The minimum Gasteiger partial charge on any atom is -0.495 e. The van der Waals surface area contributed by atoms with Gasteiger partial charge in [-0.25, -0.2) is 10.8 Å². The monoisotopic (exact) mass is 637 g/mol. The Morgan fingerprint density at radius 2 is 1.80 bits per heavy atom. The van der Waals surface area contributed by atoms with Gasteiger partial charge in [0.05, 0.1) is 28.5 Å². The van der Waals surface area contributed by atoms with E-state index < -0.39 is 0 Å². The number of aromatic nitrogens is 4. The number of methoxy groups -OCH3 is 1. The quantitative estimate of drug-likeness (QED) is 0.144. The van der Waals surface area contributed by atoms with Crippen molar-refractivity contribution in [1.29, 1.82) is 0 Å². The van der Waals surface area contributed by atoms with Crippen LogP contribution in [0, 0.1) is 6.92 Å². The lowest BCUT2D eigenvalue weighted by Crippen LogP contribution is -2.29. The van der Waals surface area contributed by atoms with E-state index in [2.05, 4.69) is 61.9 Å². The largest absolute Gasteiger partial charge is 0.495 e. The molecule has 216 valence electrons. The number of likely N-dealkylation sites (tertiary alicyclic amines) is 1. The van der Waals surface area contributed by atoms with Gasteiger partial charge >= 0.3 is 0 Å². The van der Waals surface area contributed by atoms with Crippen LogP contribution in [0.15, 0.2) is 47.3 Å². The summed E-state index contributed by atoms with van der Waals surface area (Å²) < 4.78 is 8.57. The van der Waals surface area contributed by atoms with Crippen molar-refractivity contribution < 1.29 is 4.74 Å². The highest BCUT2D eigenvalue weighted by molar-refractivity contribution is 9.10. The molecule has 3 heterocycles. The molecule has 0 atom stereocenters. The van der Waals surface area contributed by atoms with Crippen LogP contribution < -0.4 is 24.8 Å². The molecule has 5 rings (SSSR count). The third kappa shape index (κ3) is 5.78. The molecule has 0 saturated carbocycles. The maximum atomic E-state index is 6.78. The standard InChI is InChI=1S/C29H36BrN9OS/c1-18-15-24(25(40-5)16-20(18)19-9-13-36(2)14-10-19)37(3)29-34-17-21(30)28(35-29)39(31)23-8-7-22-26(33-12-11-32-22)27(23)38(4)41-6/h7-8,11-12,15-17,19H,9-10,13-14,31H2,1-6H3. The predicted octanol–water partition coefficient (Wildman–Crippen LogP) is 5.80. The van der Waals surface area contributed by atoms with E-state index in [1.807, 2.05) is 41.7 Å². The maximum absolute atomic E-state index is 6.78. The van der Waals surface area contributed by atoms with Crippen LogP contribution in [-0.2, 0) is 0 Å². The zero-order chi connectivity index (χ0) is 29.3. The molecular formula is C29H36BrN9OS. The highest BCUT2D eigenvalue weighted by Crippen LogP contribution is 2.42. The molecule has 0 unspecified atom stereocenters. The third-order valence-electron chi connectivity index (χ3n) is 7.77. The van der Waals surface area contributed by atoms with Crippen molar-refractivity contribution in [3.63, 3.8) is 0 Å². The van der Waals surface area contributed by atoms with Crippen LogP contribution in [-0.4, -0.2) is 72.4 Å². The Morgan fingerprint density at radius 3 is 2.51 bits per heavy atom. The molecule has 0 amide bonds. The van der Waals surface area contributed by atoms with Crippen molar-refractivity contribution in [3.05, 3.63) is 58.5 Å². The van der Waals surface area contributed by atoms with Crippen molar-refractivity contribution in [2.45, 2.75) is 25.7 Å². The fourth-order valence-corrected chi connectivity index (χ4v) is 6.13. The first-order valence-corrected chi connectivity index (χ1v) is 15.4. The van der Waals surface area contributed by atoms with Crippen LogP contribution in [0.25, 0.3) is 11.0 Å². The van der Waals surface area contributed by atoms with Crippen molar-refractivity contribution in [1.82, 2.24) is 24.8 Å². The summed E-state index contributed by atoms with van der Waals surface area (Å²) in [6.07, 6.45) is 9.39. The number of nitrogens with two attached hydrogens (primary N) is 1. The van der Waals surface area contributed by atoms with Gasteiger partial charge in [-0.3, -0.25) is 15.0 Å². The predicted molar refractivity (Wildman–Crippen MR) is 173 cm³/mol. The average Bonchev–Trinajstić information content (AvgIpc) is 3.00. The molecule has 0 radical (unpaired) electrons. The minimum atomic E-state index is 0.490. The number of hydrogen-bond acceptors (Lipinski definition) is 11. The number of ether oxygens (including phenoxy) is 1. The van der Waals surface area contributed by atoms with Crippen molar-refractivity contribution in [3.8, 4) is 5.75 Å². The summed E-state index contributed by atoms with van der Waals surface area (Å²) in [7, 11) is 7.82. The number of anilines is 5. The molecule has 1 saturated heterocycles. The number of piperidine rings is 1. The number of hydrogen-bond donors (Lipinski definition) is 1. The van der Waals surface area contributed by atoms with Gasteiger partial charge < -0.3 is 18.8 Å². The van der Waals surface area contributed by atoms with Crippen molar-refractivity contribution in [2.24, 2.45) is 5.84 Å². The summed E-state index contributed by atoms with van der Waals surface area (Å²) >= 11 is 5.18. The fourth-order valence-electron chi connectivity index (χ4n) is 5.38. The normalized spacial score (nSPS) is 14.3. The molecule has 12 heteroatoms. The topological polar surface area (TPSA) is 99.8 Å². The molecule has 4 aromatic rings. The second-order valence-corrected chi connectivity index (χ2v) is 12.0. The second kappa shape index (κ2) is 12.4. The van der Waals surface area contributed by atoms with Gasteiger partial charge in [-0.05, 0) is 97.1 Å².